The monoisotopic (exact) mass is 465 g/mol. The molecule has 0 unspecified atom stereocenters. The summed E-state index contributed by atoms with van der Waals surface area (Å²) in [7, 11) is 0. The first-order valence-electron chi connectivity index (χ1n) is 9.99. The lowest BCUT2D eigenvalue weighted by molar-refractivity contribution is -0.113. The number of thioether (sulfide) groups is 1. The van der Waals surface area contributed by atoms with Gasteiger partial charge in [-0.05, 0) is 49.4 Å². The van der Waals surface area contributed by atoms with E-state index in [1.807, 2.05) is 25.1 Å². The predicted octanol–water partition coefficient (Wildman–Crippen LogP) is 5.17. The number of carbonyl (C=O) groups excluding carboxylic acids is 1. The number of aromatic nitrogens is 2. The normalized spacial score (nSPS) is 10.8. The molecular weight excluding hydrogens is 446 g/mol. The van der Waals surface area contributed by atoms with E-state index in [1.165, 1.54) is 16.3 Å². The van der Waals surface area contributed by atoms with Gasteiger partial charge < -0.3 is 10.1 Å². The number of hydrogen-bond donors (Lipinski definition) is 1. The van der Waals surface area contributed by atoms with Crippen molar-refractivity contribution in [2.24, 2.45) is 0 Å². The van der Waals surface area contributed by atoms with E-state index in [0.29, 0.717) is 44.8 Å². The lowest BCUT2D eigenvalue weighted by Crippen LogP contribution is -2.23. The number of amides is 1. The summed E-state index contributed by atoms with van der Waals surface area (Å²) < 4.78 is 7.05. The molecule has 0 saturated carbocycles. The van der Waals surface area contributed by atoms with Gasteiger partial charge in [-0.3, -0.25) is 14.2 Å². The number of benzene rings is 3. The number of rotatable bonds is 7. The van der Waals surface area contributed by atoms with Crippen molar-refractivity contribution < 1.29 is 9.53 Å². The van der Waals surface area contributed by atoms with Gasteiger partial charge in [-0.1, -0.05) is 53.7 Å². The molecule has 4 aromatic rings. The fourth-order valence-corrected chi connectivity index (χ4v) is 4.22. The molecule has 1 amide bonds. The molecule has 0 radical (unpaired) electrons. The van der Waals surface area contributed by atoms with Gasteiger partial charge in [0.2, 0.25) is 5.91 Å². The Morgan fingerprint density at radius 2 is 1.88 bits per heavy atom. The molecule has 1 aromatic heterocycles. The molecule has 1 heterocycles. The molecule has 0 spiro atoms. The Balaban J connectivity index is 1.65. The van der Waals surface area contributed by atoms with Crippen LogP contribution in [0.15, 0.2) is 82.7 Å². The smallest absolute Gasteiger partial charge is 0.266 e. The first-order valence-corrected chi connectivity index (χ1v) is 11.4. The van der Waals surface area contributed by atoms with E-state index in [0.717, 1.165) is 0 Å². The van der Waals surface area contributed by atoms with Gasteiger partial charge in [0.15, 0.2) is 5.16 Å². The highest BCUT2D eigenvalue weighted by Crippen LogP contribution is 2.26. The van der Waals surface area contributed by atoms with Crippen LogP contribution in [0.3, 0.4) is 0 Å². The van der Waals surface area contributed by atoms with Gasteiger partial charge in [0.05, 0.1) is 34.6 Å². The fraction of sp³-hybridized carbons (Fsp3) is 0.125. The summed E-state index contributed by atoms with van der Waals surface area (Å²) in [5.41, 5.74) is 1.53. The van der Waals surface area contributed by atoms with Crippen molar-refractivity contribution in [3.05, 3.63) is 88.2 Å². The summed E-state index contributed by atoms with van der Waals surface area (Å²) in [6, 6.07) is 21.4. The predicted molar refractivity (Wildman–Crippen MR) is 129 cm³/mol. The van der Waals surface area contributed by atoms with Crippen LogP contribution in [-0.4, -0.2) is 27.8 Å². The first-order chi connectivity index (χ1) is 15.6. The van der Waals surface area contributed by atoms with E-state index in [4.69, 9.17) is 16.3 Å². The molecule has 162 valence electrons. The van der Waals surface area contributed by atoms with Crippen LogP contribution in [0.4, 0.5) is 5.69 Å². The Kier molecular flexibility index (Phi) is 6.78. The summed E-state index contributed by atoms with van der Waals surface area (Å²) >= 11 is 7.34. The molecule has 0 bridgehead atoms. The molecular formula is C24H20ClN3O3S. The number of anilines is 1. The topological polar surface area (TPSA) is 73.2 Å². The number of carbonyl (C=O) groups is 1. The summed E-state index contributed by atoms with van der Waals surface area (Å²) in [4.78, 5) is 30.6. The molecule has 4 rings (SSSR count). The fourth-order valence-electron chi connectivity index (χ4n) is 3.22. The highest BCUT2D eigenvalue weighted by Gasteiger charge is 2.16. The number of nitrogens with one attached hydrogen (secondary N) is 1. The molecule has 3 aromatic carbocycles. The maximum absolute atomic E-state index is 13.3. The lowest BCUT2D eigenvalue weighted by Gasteiger charge is -2.14. The molecule has 0 aliphatic heterocycles. The first kappa shape index (κ1) is 21.9. The standard InChI is InChI=1S/C24H20ClN3O3S/c1-2-31-21-13-6-5-12-20(21)26-22(29)15-32-24-27-19-11-4-3-10-18(19)23(30)28(24)17-9-7-8-16(25)14-17/h3-14H,2,15H2,1H3,(H,26,29). The summed E-state index contributed by atoms with van der Waals surface area (Å²) in [6.45, 7) is 2.38. The number of ether oxygens (including phenoxy) is 1. The minimum Gasteiger partial charge on any atom is -0.492 e. The zero-order chi connectivity index (χ0) is 22.5. The Labute approximate surface area is 194 Å². The van der Waals surface area contributed by atoms with Crippen molar-refractivity contribution in [2.75, 3.05) is 17.7 Å². The van der Waals surface area contributed by atoms with Crippen molar-refractivity contribution in [2.45, 2.75) is 12.1 Å². The second-order valence-electron chi connectivity index (χ2n) is 6.80. The van der Waals surface area contributed by atoms with Gasteiger partial charge in [0, 0.05) is 5.02 Å². The zero-order valence-electron chi connectivity index (χ0n) is 17.2. The molecule has 0 saturated heterocycles. The number of para-hydroxylation sites is 3. The largest absolute Gasteiger partial charge is 0.492 e. The van der Waals surface area contributed by atoms with E-state index in [-0.39, 0.29) is 17.2 Å². The average molecular weight is 466 g/mol. The number of halogens is 1. The van der Waals surface area contributed by atoms with Crippen molar-refractivity contribution in [3.63, 3.8) is 0 Å². The maximum atomic E-state index is 13.3. The minimum atomic E-state index is -0.234. The van der Waals surface area contributed by atoms with Gasteiger partial charge in [-0.25, -0.2) is 4.98 Å². The average Bonchev–Trinajstić information content (AvgIpc) is 2.79. The van der Waals surface area contributed by atoms with E-state index >= 15 is 0 Å². The number of nitrogens with zero attached hydrogens (tertiary/aromatic N) is 2. The van der Waals surface area contributed by atoms with Gasteiger partial charge >= 0.3 is 0 Å². The van der Waals surface area contributed by atoms with E-state index in [2.05, 4.69) is 10.3 Å². The third-order valence-electron chi connectivity index (χ3n) is 4.60. The molecule has 0 fully saturated rings. The Bertz CT molecular complexity index is 1340. The highest BCUT2D eigenvalue weighted by atomic mass is 35.5. The zero-order valence-corrected chi connectivity index (χ0v) is 18.8. The Morgan fingerprint density at radius 3 is 2.69 bits per heavy atom. The van der Waals surface area contributed by atoms with Crippen LogP contribution < -0.4 is 15.6 Å². The Morgan fingerprint density at radius 1 is 1.09 bits per heavy atom. The van der Waals surface area contributed by atoms with Crippen molar-refractivity contribution in [1.82, 2.24) is 9.55 Å². The molecule has 1 N–H and O–H groups in total. The van der Waals surface area contributed by atoms with E-state index in [1.54, 1.807) is 54.6 Å². The minimum absolute atomic E-state index is 0.0613. The second-order valence-corrected chi connectivity index (χ2v) is 8.18. The quantitative estimate of drug-likeness (QED) is 0.301. The van der Waals surface area contributed by atoms with Gasteiger partial charge in [0.25, 0.3) is 5.56 Å². The van der Waals surface area contributed by atoms with E-state index in [9.17, 15) is 9.59 Å². The number of hydrogen-bond acceptors (Lipinski definition) is 5. The third-order valence-corrected chi connectivity index (χ3v) is 5.78. The molecule has 0 aliphatic carbocycles. The van der Waals surface area contributed by atoms with Crippen LogP contribution in [0.25, 0.3) is 16.6 Å². The summed E-state index contributed by atoms with van der Waals surface area (Å²) in [5, 5.41) is 4.27. The maximum Gasteiger partial charge on any atom is 0.266 e. The van der Waals surface area contributed by atoms with Crippen molar-refractivity contribution >= 4 is 45.9 Å². The lowest BCUT2D eigenvalue weighted by atomic mass is 10.2. The molecule has 6 nitrogen and oxygen atoms in total. The van der Waals surface area contributed by atoms with Crippen LogP contribution in [0.2, 0.25) is 5.02 Å². The van der Waals surface area contributed by atoms with Gasteiger partial charge in [-0.15, -0.1) is 0 Å². The summed E-state index contributed by atoms with van der Waals surface area (Å²) in [5.74, 6) is 0.432. The van der Waals surface area contributed by atoms with Crippen LogP contribution in [0.5, 0.6) is 5.75 Å². The van der Waals surface area contributed by atoms with Crippen molar-refractivity contribution in [3.8, 4) is 11.4 Å². The molecule has 32 heavy (non-hydrogen) atoms. The SMILES string of the molecule is CCOc1ccccc1NC(=O)CSc1nc2ccccc2c(=O)n1-c1cccc(Cl)c1. The van der Waals surface area contributed by atoms with E-state index < -0.39 is 0 Å². The van der Waals surface area contributed by atoms with Gasteiger partial charge in [-0.2, -0.15) is 0 Å². The highest BCUT2D eigenvalue weighted by molar-refractivity contribution is 7.99. The molecule has 0 aliphatic rings. The third kappa shape index (κ3) is 4.79. The van der Waals surface area contributed by atoms with Crippen molar-refractivity contribution in [1.29, 1.82) is 0 Å². The van der Waals surface area contributed by atoms with Crippen LogP contribution in [0, 0.1) is 0 Å². The number of fused-ring (bicyclic) bond motifs is 1. The molecule has 0 atom stereocenters. The van der Waals surface area contributed by atoms with Gasteiger partial charge in [0.1, 0.15) is 5.75 Å². The van der Waals surface area contributed by atoms with Crippen LogP contribution >= 0.6 is 23.4 Å². The van der Waals surface area contributed by atoms with Crippen LogP contribution in [0.1, 0.15) is 6.92 Å². The Hall–Kier alpha value is -3.29. The second kappa shape index (κ2) is 9.89. The van der Waals surface area contributed by atoms with Crippen LogP contribution in [-0.2, 0) is 4.79 Å². The summed E-state index contributed by atoms with van der Waals surface area (Å²) in [6.07, 6.45) is 0. The molecule has 8 heteroatoms.